The van der Waals surface area contributed by atoms with Crippen molar-refractivity contribution >= 4 is 5.78 Å². The van der Waals surface area contributed by atoms with Gasteiger partial charge >= 0.3 is 0 Å². The van der Waals surface area contributed by atoms with Gasteiger partial charge in [0.05, 0.1) is 6.10 Å². The molecule has 7 atom stereocenters. The van der Waals surface area contributed by atoms with Gasteiger partial charge in [-0.3, -0.25) is 4.79 Å². The molecule has 2 unspecified atom stereocenters. The van der Waals surface area contributed by atoms with Crippen molar-refractivity contribution in [2.45, 2.75) is 71.1 Å². The SMILES string of the molecule is COC1CC[C@H]2[C@@H]3CCC4=CC(=O)CC[C@]4(C)[C@@H]3C(F)C[C@]12C. The zero-order chi connectivity index (χ0) is 16.4. The van der Waals surface area contributed by atoms with E-state index in [1.165, 1.54) is 12.0 Å². The van der Waals surface area contributed by atoms with Gasteiger partial charge in [0.25, 0.3) is 0 Å². The minimum Gasteiger partial charge on any atom is -0.381 e. The van der Waals surface area contributed by atoms with E-state index < -0.39 is 6.17 Å². The Kier molecular flexibility index (Phi) is 3.54. The summed E-state index contributed by atoms with van der Waals surface area (Å²) >= 11 is 0. The third kappa shape index (κ3) is 2.04. The average molecular weight is 320 g/mol. The number of allylic oxidation sites excluding steroid dienone is 1. The van der Waals surface area contributed by atoms with Crippen LogP contribution in [0.15, 0.2) is 11.6 Å². The van der Waals surface area contributed by atoms with Crippen LogP contribution in [0.3, 0.4) is 0 Å². The second-order valence-electron chi connectivity index (χ2n) is 8.92. The molecule has 0 heterocycles. The zero-order valence-corrected chi connectivity index (χ0v) is 14.6. The smallest absolute Gasteiger partial charge is 0.155 e. The van der Waals surface area contributed by atoms with Crippen molar-refractivity contribution in [1.82, 2.24) is 0 Å². The summed E-state index contributed by atoms with van der Waals surface area (Å²) in [6.45, 7) is 4.50. The lowest BCUT2D eigenvalue weighted by Crippen LogP contribution is -2.56. The highest BCUT2D eigenvalue weighted by molar-refractivity contribution is 5.91. The predicted molar refractivity (Wildman–Crippen MR) is 87.8 cm³/mol. The van der Waals surface area contributed by atoms with Gasteiger partial charge in [-0.05, 0) is 67.3 Å². The molecule has 4 rings (SSSR count). The van der Waals surface area contributed by atoms with Gasteiger partial charge in [-0.1, -0.05) is 19.4 Å². The molecule has 0 spiro atoms. The van der Waals surface area contributed by atoms with Crippen molar-refractivity contribution < 1.29 is 13.9 Å². The quantitative estimate of drug-likeness (QED) is 0.712. The van der Waals surface area contributed by atoms with E-state index in [1.807, 2.05) is 6.08 Å². The molecule has 0 saturated heterocycles. The molecule has 0 radical (unpaired) electrons. The first-order valence-electron chi connectivity index (χ1n) is 9.31. The van der Waals surface area contributed by atoms with Gasteiger partial charge in [-0.25, -0.2) is 4.39 Å². The molecule has 0 aliphatic heterocycles. The van der Waals surface area contributed by atoms with Crippen LogP contribution < -0.4 is 0 Å². The fourth-order valence-electron chi connectivity index (χ4n) is 6.96. The van der Waals surface area contributed by atoms with E-state index >= 15 is 4.39 Å². The Bertz CT molecular complexity index is 556. The lowest BCUT2D eigenvalue weighted by atomic mass is 9.47. The molecule has 128 valence electrons. The zero-order valence-electron chi connectivity index (χ0n) is 14.6. The van der Waals surface area contributed by atoms with Crippen molar-refractivity contribution in [3.63, 3.8) is 0 Å². The lowest BCUT2D eigenvalue weighted by molar-refractivity contribution is -0.128. The van der Waals surface area contributed by atoms with E-state index in [2.05, 4.69) is 13.8 Å². The number of alkyl halides is 1. The second kappa shape index (κ2) is 5.15. The molecule has 0 aromatic rings. The minimum atomic E-state index is -0.765. The Morgan fingerprint density at radius 1 is 1.22 bits per heavy atom. The van der Waals surface area contributed by atoms with Crippen LogP contribution in [0.4, 0.5) is 4.39 Å². The van der Waals surface area contributed by atoms with Gasteiger partial charge < -0.3 is 4.74 Å². The summed E-state index contributed by atoms with van der Waals surface area (Å²) in [4.78, 5) is 11.8. The van der Waals surface area contributed by atoms with Crippen molar-refractivity contribution in [3.05, 3.63) is 11.6 Å². The number of ketones is 1. The highest BCUT2D eigenvalue weighted by Gasteiger charge is 2.62. The Morgan fingerprint density at radius 2 is 2.00 bits per heavy atom. The summed E-state index contributed by atoms with van der Waals surface area (Å²) in [7, 11) is 1.79. The Labute approximate surface area is 138 Å². The Balaban J connectivity index is 1.72. The number of carbonyl (C=O) groups is 1. The molecular weight excluding hydrogens is 291 g/mol. The molecule has 3 heteroatoms. The first-order valence-corrected chi connectivity index (χ1v) is 9.31. The molecule has 2 nitrogen and oxygen atoms in total. The van der Waals surface area contributed by atoms with E-state index in [9.17, 15) is 4.79 Å². The molecule has 0 bridgehead atoms. The number of methoxy groups -OCH3 is 1. The maximum absolute atomic E-state index is 15.5. The van der Waals surface area contributed by atoms with Gasteiger partial charge in [0, 0.05) is 19.4 Å². The minimum absolute atomic E-state index is 0.00258. The summed E-state index contributed by atoms with van der Waals surface area (Å²) < 4.78 is 21.2. The van der Waals surface area contributed by atoms with Crippen LogP contribution in [0.1, 0.15) is 58.8 Å². The molecule has 3 fully saturated rings. The van der Waals surface area contributed by atoms with Crippen molar-refractivity contribution in [3.8, 4) is 0 Å². The number of halogens is 1. The fraction of sp³-hybridized carbons (Fsp3) is 0.850. The van der Waals surface area contributed by atoms with Gasteiger partial charge in [0.15, 0.2) is 5.78 Å². The molecule has 3 saturated carbocycles. The average Bonchev–Trinajstić information content (AvgIpc) is 2.83. The van der Waals surface area contributed by atoms with Crippen LogP contribution >= 0.6 is 0 Å². The number of rotatable bonds is 1. The lowest BCUT2D eigenvalue weighted by Gasteiger charge is -2.59. The van der Waals surface area contributed by atoms with Crippen molar-refractivity contribution in [2.24, 2.45) is 28.6 Å². The molecule has 0 aromatic carbocycles. The van der Waals surface area contributed by atoms with Crippen LogP contribution in [0.5, 0.6) is 0 Å². The second-order valence-corrected chi connectivity index (χ2v) is 8.92. The van der Waals surface area contributed by atoms with E-state index in [4.69, 9.17) is 4.74 Å². The number of hydrogen-bond donors (Lipinski definition) is 0. The third-order valence-corrected chi connectivity index (χ3v) is 8.05. The third-order valence-electron chi connectivity index (χ3n) is 8.05. The standard InChI is InChI=1S/C20H29FO2/c1-19-9-8-13(22)10-12(19)4-5-14-15-6-7-17(23-3)20(15,2)11-16(21)18(14)19/h10,14-18H,4-9,11H2,1-3H3/t14-,15-,16?,17?,18-,19-,20-/m0/s1. The van der Waals surface area contributed by atoms with Crippen LogP contribution in [0.25, 0.3) is 0 Å². The highest BCUT2D eigenvalue weighted by atomic mass is 19.1. The monoisotopic (exact) mass is 320 g/mol. The number of ether oxygens (including phenoxy) is 1. The summed E-state index contributed by atoms with van der Waals surface area (Å²) in [5.41, 5.74) is 1.14. The first-order chi connectivity index (χ1) is 10.9. The fourth-order valence-corrected chi connectivity index (χ4v) is 6.96. The summed E-state index contributed by atoms with van der Waals surface area (Å²) in [6, 6.07) is 0. The maximum Gasteiger partial charge on any atom is 0.155 e. The van der Waals surface area contributed by atoms with Crippen LogP contribution in [0, 0.1) is 28.6 Å². The van der Waals surface area contributed by atoms with E-state index in [-0.39, 0.29) is 28.6 Å². The summed E-state index contributed by atoms with van der Waals surface area (Å²) in [5, 5.41) is 0. The summed E-state index contributed by atoms with van der Waals surface area (Å²) in [6.07, 6.45) is 7.67. The van der Waals surface area contributed by atoms with Gasteiger partial charge in [0.1, 0.15) is 6.17 Å². The largest absolute Gasteiger partial charge is 0.381 e. The molecule has 4 aliphatic carbocycles. The number of hydrogen-bond acceptors (Lipinski definition) is 2. The van der Waals surface area contributed by atoms with E-state index in [0.717, 1.165) is 25.7 Å². The molecule has 4 aliphatic rings. The predicted octanol–water partition coefficient (Wildman–Crippen LogP) is 4.48. The summed E-state index contributed by atoms with van der Waals surface area (Å²) in [5.74, 6) is 1.39. The Morgan fingerprint density at radius 3 is 2.74 bits per heavy atom. The van der Waals surface area contributed by atoms with Crippen LogP contribution in [-0.4, -0.2) is 25.2 Å². The molecule has 0 N–H and O–H groups in total. The molecular formula is C20H29FO2. The highest BCUT2D eigenvalue weighted by Crippen LogP contribution is 2.66. The topological polar surface area (TPSA) is 26.3 Å². The first kappa shape index (κ1) is 15.8. The van der Waals surface area contributed by atoms with Crippen molar-refractivity contribution in [1.29, 1.82) is 0 Å². The van der Waals surface area contributed by atoms with Crippen LogP contribution in [0.2, 0.25) is 0 Å². The molecule has 0 amide bonds. The number of fused-ring (bicyclic) bond motifs is 5. The van der Waals surface area contributed by atoms with Gasteiger partial charge in [0.2, 0.25) is 0 Å². The molecule has 0 aromatic heterocycles. The van der Waals surface area contributed by atoms with Crippen LogP contribution in [-0.2, 0) is 9.53 Å². The maximum atomic E-state index is 15.5. The van der Waals surface area contributed by atoms with Gasteiger partial charge in [-0.2, -0.15) is 0 Å². The van der Waals surface area contributed by atoms with E-state index in [0.29, 0.717) is 24.7 Å². The number of carbonyl (C=O) groups excluding carboxylic acids is 1. The van der Waals surface area contributed by atoms with Gasteiger partial charge in [-0.15, -0.1) is 0 Å². The van der Waals surface area contributed by atoms with E-state index in [1.54, 1.807) is 7.11 Å². The Hall–Kier alpha value is -0.700. The molecule has 23 heavy (non-hydrogen) atoms. The van der Waals surface area contributed by atoms with Crippen molar-refractivity contribution in [2.75, 3.05) is 7.11 Å². The normalized spacial score (nSPS) is 52.4.